The van der Waals surface area contributed by atoms with E-state index in [-0.39, 0.29) is 5.91 Å². The maximum atomic E-state index is 12.3. The average molecular weight is 368 g/mol. The number of amides is 1. The lowest BCUT2D eigenvalue weighted by Gasteiger charge is -2.32. The Hall–Kier alpha value is -1.98. The second kappa shape index (κ2) is 8.14. The largest absolute Gasteiger partial charge is 0.356 e. The smallest absolute Gasteiger partial charge is 0.221 e. The lowest BCUT2D eigenvalue weighted by molar-refractivity contribution is -0.120. The minimum atomic E-state index is 0.143. The Balaban J connectivity index is 1.37. The fraction of sp³-hybridized carbons (Fsp3) is 0.381. The van der Waals surface area contributed by atoms with E-state index in [1.807, 2.05) is 0 Å². The molecule has 5 heteroatoms. The highest BCUT2D eigenvalue weighted by Crippen LogP contribution is 2.47. The van der Waals surface area contributed by atoms with E-state index in [0.717, 1.165) is 26.1 Å². The molecule has 2 heterocycles. The Labute approximate surface area is 159 Å². The number of benzene rings is 2. The van der Waals surface area contributed by atoms with Crippen LogP contribution in [0.25, 0.3) is 0 Å². The second-order valence-electron chi connectivity index (χ2n) is 6.94. The normalized spacial score (nSPS) is 18.3. The molecule has 1 amide bonds. The number of anilines is 2. The van der Waals surface area contributed by atoms with Crippen molar-refractivity contribution in [1.82, 2.24) is 10.6 Å². The lowest BCUT2D eigenvalue weighted by Crippen LogP contribution is -2.31. The number of fused-ring (bicyclic) bond motifs is 2. The van der Waals surface area contributed by atoms with Crippen molar-refractivity contribution >= 4 is 29.0 Å². The Morgan fingerprint density at radius 2 is 1.81 bits per heavy atom. The van der Waals surface area contributed by atoms with Crippen molar-refractivity contribution < 1.29 is 4.79 Å². The number of rotatable bonds is 6. The van der Waals surface area contributed by atoms with Gasteiger partial charge < -0.3 is 15.5 Å². The quantitative estimate of drug-likeness (QED) is 0.815. The molecule has 4 nitrogen and oxygen atoms in total. The predicted molar refractivity (Wildman–Crippen MR) is 107 cm³/mol. The molecule has 0 saturated carbocycles. The molecular formula is C21H25N3OS. The highest BCUT2D eigenvalue weighted by Gasteiger charge is 2.23. The monoisotopic (exact) mass is 367 g/mol. The number of hydrogen-bond donors (Lipinski definition) is 2. The maximum absolute atomic E-state index is 12.3. The van der Waals surface area contributed by atoms with E-state index in [1.165, 1.54) is 27.6 Å². The molecule has 1 unspecified atom stereocenters. The van der Waals surface area contributed by atoms with Crippen molar-refractivity contribution in [3.05, 3.63) is 48.5 Å². The molecule has 4 rings (SSSR count). The summed E-state index contributed by atoms with van der Waals surface area (Å²) in [7, 11) is 0. The third kappa shape index (κ3) is 3.89. The Morgan fingerprint density at radius 1 is 1.12 bits per heavy atom. The standard InChI is InChI=1S/C21H25N3OS/c25-21(23-13-10-16-9-12-22-15-16)11-14-24-17-5-1-3-7-19(17)26-20-8-4-2-6-18(20)24/h1-8,16,22H,9-15H2,(H,23,25). The van der Waals surface area contributed by atoms with E-state index in [2.05, 4.69) is 64.1 Å². The van der Waals surface area contributed by atoms with Crippen LogP contribution in [0.5, 0.6) is 0 Å². The van der Waals surface area contributed by atoms with Crippen LogP contribution in [0.3, 0.4) is 0 Å². The van der Waals surface area contributed by atoms with Crippen LogP contribution in [0, 0.1) is 5.92 Å². The summed E-state index contributed by atoms with van der Waals surface area (Å²) in [6, 6.07) is 16.9. The zero-order valence-electron chi connectivity index (χ0n) is 14.9. The van der Waals surface area contributed by atoms with Gasteiger partial charge in [0.2, 0.25) is 5.91 Å². The van der Waals surface area contributed by atoms with E-state index >= 15 is 0 Å². The first-order valence-corrected chi connectivity index (χ1v) is 10.2. The minimum absolute atomic E-state index is 0.143. The maximum Gasteiger partial charge on any atom is 0.221 e. The van der Waals surface area contributed by atoms with Gasteiger partial charge in [-0.3, -0.25) is 4.79 Å². The Bertz CT molecular complexity index is 728. The van der Waals surface area contributed by atoms with E-state index in [0.29, 0.717) is 18.9 Å². The molecule has 0 spiro atoms. The Morgan fingerprint density at radius 3 is 2.46 bits per heavy atom. The zero-order chi connectivity index (χ0) is 17.8. The molecule has 26 heavy (non-hydrogen) atoms. The number of hydrogen-bond acceptors (Lipinski definition) is 4. The molecule has 1 atom stereocenters. The molecule has 0 radical (unpaired) electrons. The summed E-state index contributed by atoms with van der Waals surface area (Å²) in [6.45, 7) is 3.69. The molecule has 2 aromatic carbocycles. The van der Waals surface area contributed by atoms with E-state index < -0.39 is 0 Å². The molecule has 1 fully saturated rings. The zero-order valence-corrected chi connectivity index (χ0v) is 15.7. The summed E-state index contributed by atoms with van der Waals surface area (Å²) >= 11 is 1.80. The van der Waals surface area contributed by atoms with Gasteiger partial charge in [0, 0.05) is 29.3 Å². The minimum Gasteiger partial charge on any atom is -0.356 e. The topological polar surface area (TPSA) is 44.4 Å². The van der Waals surface area contributed by atoms with Crippen LogP contribution in [0.4, 0.5) is 11.4 Å². The number of nitrogens with one attached hydrogen (secondary N) is 2. The summed E-state index contributed by atoms with van der Waals surface area (Å²) in [5.41, 5.74) is 2.39. The van der Waals surface area contributed by atoms with Crippen LogP contribution in [-0.2, 0) is 4.79 Å². The van der Waals surface area contributed by atoms with Crippen LogP contribution in [0.1, 0.15) is 19.3 Å². The van der Waals surface area contributed by atoms with Gasteiger partial charge in [-0.25, -0.2) is 0 Å². The lowest BCUT2D eigenvalue weighted by atomic mass is 10.1. The molecule has 2 aliphatic rings. The van der Waals surface area contributed by atoms with Gasteiger partial charge in [0.1, 0.15) is 0 Å². The second-order valence-corrected chi connectivity index (χ2v) is 8.02. The third-order valence-corrected chi connectivity index (χ3v) is 6.26. The van der Waals surface area contributed by atoms with E-state index in [1.54, 1.807) is 11.8 Å². The molecule has 0 aromatic heterocycles. The number of para-hydroxylation sites is 2. The summed E-state index contributed by atoms with van der Waals surface area (Å²) in [4.78, 5) is 17.1. The van der Waals surface area contributed by atoms with Crippen molar-refractivity contribution in [1.29, 1.82) is 0 Å². The molecule has 2 aliphatic heterocycles. The summed E-state index contributed by atoms with van der Waals surface area (Å²) < 4.78 is 0. The summed E-state index contributed by atoms with van der Waals surface area (Å²) in [6.07, 6.45) is 2.82. The van der Waals surface area contributed by atoms with E-state index in [4.69, 9.17) is 0 Å². The number of nitrogens with zero attached hydrogens (tertiary/aromatic N) is 1. The first-order chi connectivity index (χ1) is 12.8. The highest BCUT2D eigenvalue weighted by molar-refractivity contribution is 7.99. The third-order valence-electron chi connectivity index (χ3n) is 5.13. The first-order valence-electron chi connectivity index (χ1n) is 9.42. The SMILES string of the molecule is O=C(CCN1c2ccccc2Sc2ccccc21)NCCC1CCNC1. The molecule has 0 aliphatic carbocycles. The highest BCUT2D eigenvalue weighted by atomic mass is 32.2. The molecule has 1 saturated heterocycles. The van der Waals surface area contributed by atoms with Crippen LogP contribution in [-0.4, -0.2) is 32.1 Å². The average Bonchev–Trinajstić information content (AvgIpc) is 3.18. The van der Waals surface area contributed by atoms with Gasteiger partial charge in [0.05, 0.1) is 11.4 Å². The van der Waals surface area contributed by atoms with E-state index in [9.17, 15) is 4.79 Å². The van der Waals surface area contributed by atoms with Crippen molar-refractivity contribution in [3.63, 3.8) is 0 Å². The number of carbonyl (C=O) groups excluding carboxylic acids is 1. The first kappa shape index (κ1) is 17.4. The summed E-state index contributed by atoms with van der Waals surface area (Å²) in [5, 5.41) is 6.47. The van der Waals surface area contributed by atoms with Gasteiger partial charge in [-0.2, -0.15) is 0 Å². The van der Waals surface area contributed by atoms with Crippen molar-refractivity contribution in [2.24, 2.45) is 5.92 Å². The van der Waals surface area contributed by atoms with Crippen LogP contribution >= 0.6 is 11.8 Å². The van der Waals surface area contributed by atoms with Crippen molar-refractivity contribution in [2.45, 2.75) is 29.1 Å². The van der Waals surface area contributed by atoms with Gasteiger partial charge in [-0.05, 0) is 56.1 Å². The van der Waals surface area contributed by atoms with Crippen LogP contribution in [0.2, 0.25) is 0 Å². The summed E-state index contributed by atoms with van der Waals surface area (Å²) in [5.74, 6) is 0.859. The van der Waals surface area contributed by atoms with Gasteiger partial charge in [0.25, 0.3) is 0 Å². The van der Waals surface area contributed by atoms with Crippen LogP contribution in [0.15, 0.2) is 58.3 Å². The molecule has 2 N–H and O–H groups in total. The van der Waals surface area contributed by atoms with Gasteiger partial charge in [-0.1, -0.05) is 36.0 Å². The molecular weight excluding hydrogens is 342 g/mol. The molecule has 0 bridgehead atoms. The molecule has 2 aromatic rings. The predicted octanol–water partition coefficient (Wildman–Crippen LogP) is 3.80. The van der Waals surface area contributed by atoms with Crippen molar-refractivity contribution in [3.8, 4) is 0 Å². The fourth-order valence-electron chi connectivity index (χ4n) is 3.70. The van der Waals surface area contributed by atoms with Crippen molar-refractivity contribution in [2.75, 3.05) is 31.1 Å². The van der Waals surface area contributed by atoms with Gasteiger partial charge in [-0.15, -0.1) is 0 Å². The Kier molecular flexibility index (Phi) is 5.46. The van der Waals surface area contributed by atoms with Gasteiger partial charge in [0.15, 0.2) is 0 Å². The molecule has 136 valence electrons. The fourth-order valence-corrected chi connectivity index (χ4v) is 4.80. The van der Waals surface area contributed by atoms with Crippen LogP contribution < -0.4 is 15.5 Å². The van der Waals surface area contributed by atoms with Gasteiger partial charge >= 0.3 is 0 Å². The number of carbonyl (C=O) groups is 1.